The van der Waals surface area contributed by atoms with Gasteiger partial charge < -0.3 is 5.11 Å². The maximum absolute atomic E-state index is 12.6. The minimum atomic E-state index is -4.52. The van der Waals surface area contributed by atoms with Gasteiger partial charge in [-0.25, -0.2) is 4.79 Å². The lowest BCUT2D eigenvalue weighted by atomic mass is 9.98. The Hall–Kier alpha value is -2.96. The van der Waals surface area contributed by atoms with Crippen LogP contribution in [0.5, 0.6) is 0 Å². The number of carboxylic acids is 1. The van der Waals surface area contributed by atoms with Crippen molar-refractivity contribution < 1.29 is 23.1 Å². The van der Waals surface area contributed by atoms with Crippen molar-refractivity contribution in [1.82, 2.24) is 0 Å². The Kier molecular flexibility index (Phi) is 5.06. The van der Waals surface area contributed by atoms with Crippen LogP contribution in [0.2, 0.25) is 5.02 Å². The molecule has 0 aliphatic rings. The fraction of sp³-hybridized carbons (Fsp3) is 0.111. The number of hydrogen-bond acceptors (Lipinski definition) is 2. The molecule has 0 aliphatic heterocycles. The van der Waals surface area contributed by atoms with Gasteiger partial charge in [0.05, 0.1) is 27.8 Å². The van der Waals surface area contributed by atoms with Gasteiger partial charge in [0.2, 0.25) is 0 Å². The molecule has 0 radical (unpaired) electrons. The van der Waals surface area contributed by atoms with E-state index in [1.54, 1.807) is 6.92 Å². The quantitative estimate of drug-likeness (QED) is 0.751. The lowest BCUT2D eigenvalue weighted by Crippen LogP contribution is -2.04. The van der Waals surface area contributed by atoms with Gasteiger partial charge in [0.25, 0.3) is 0 Å². The van der Waals surface area contributed by atoms with Crippen LogP contribution in [0.1, 0.15) is 38.2 Å². The predicted octanol–water partition coefficient (Wildman–Crippen LogP) is 4.64. The standard InChI is InChI=1S/C18H9ClF3NO2/c1-10-6-11(9-23)7-15(17(24)25)14(10)5-3-12-2-4-13(8-16(12)19)18(20,21)22/h2,4,6-8H,1H3,(H,24,25). The molecule has 0 unspecified atom stereocenters. The number of nitrogens with zero attached hydrogens (tertiary/aromatic N) is 1. The van der Waals surface area contributed by atoms with Crippen LogP contribution in [0.4, 0.5) is 13.2 Å². The van der Waals surface area contributed by atoms with Crippen LogP contribution < -0.4 is 0 Å². The Morgan fingerprint density at radius 2 is 1.88 bits per heavy atom. The molecule has 126 valence electrons. The van der Waals surface area contributed by atoms with E-state index in [2.05, 4.69) is 11.8 Å². The van der Waals surface area contributed by atoms with E-state index >= 15 is 0 Å². The van der Waals surface area contributed by atoms with Gasteiger partial charge in [-0.05, 0) is 42.8 Å². The Morgan fingerprint density at radius 1 is 1.20 bits per heavy atom. The smallest absolute Gasteiger partial charge is 0.416 e. The van der Waals surface area contributed by atoms with Gasteiger partial charge in [-0.1, -0.05) is 23.4 Å². The first-order valence-electron chi connectivity index (χ1n) is 6.80. The zero-order valence-corrected chi connectivity index (χ0v) is 13.5. The van der Waals surface area contributed by atoms with Crippen LogP contribution in [-0.2, 0) is 6.18 Å². The van der Waals surface area contributed by atoms with E-state index in [1.807, 2.05) is 6.07 Å². The molecule has 2 aromatic carbocycles. The third-order valence-electron chi connectivity index (χ3n) is 3.31. The number of carbonyl (C=O) groups is 1. The Balaban J connectivity index is 2.53. The molecule has 2 rings (SSSR count). The summed E-state index contributed by atoms with van der Waals surface area (Å²) in [4.78, 5) is 11.3. The van der Waals surface area contributed by atoms with E-state index in [0.717, 1.165) is 18.2 Å². The highest BCUT2D eigenvalue weighted by atomic mass is 35.5. The molecule has 0 atom stereocenters. The molecule has 3 nitrogen and oxygen atoms in total. The van der Waals surface area contributed by atoms with Crippen molar-refractivity contribution >= 4 is 17.6 Å². The molecular formula is C18H9ClF3NO2. The molecule has 0 aromatic heterocycles. The highest BCUT2D eigenvalue weighted by molar-refractivity contribution is 6.31. The maximum atomic E-state index is 12.6. The third kappa shape index (κ3) is 4.12. The first-order valence-corrected chi connectivity index (χ1v) is 7.18. The second kappa shape index (κ2) is 6.88. The summed E-state index contributed by atoms with van der Waals surface area (Å²) < 4.78 is 37.9. The number of rotatable bonds is 1. The second-order valence-electron chi connectivity index (χ2n) is 5.08. The Labute approximate surface area is 146 Å². The van der Waals surface area contributed by atoms with Gasteiger partial charge in [0.15, 0.2) is 0 Å². The zero-order chi connectivity index (χ0) is 18.8. The molecule has 0 heterocycles. The second-order valence-corrected chi connectivity index (χ2v) is 5.48. The molecule has 7 heteroatoms. The number of aryl methyl sites for hydroxylation is 1. The molecular weight excluding hydrogens is 355 g/mol. The van der Waals surface area contributed by atoms with Crippen LogP contribution in [0.25, 0.3) is 0 Å². The van der Waals surface area contributed by atoms with E-state index in [4.69, 9.17) is 16.9 Å². The van der Waals surface area contributed by atoms with Gasteiger partial charge in [0, 0.05) is 11.1 Å². The average Bonchev–Trinajstić information content (AvgIpc) is 2.52. The molecule has 0 saturated heterocycles. The Morgan fingerprint density at radius 3 is 2.40 bits per heavy atom. The SMILES string of the molecule is Cc1cc(C#N)cc(C(=O)O)c1C#Cc1ccc(C(F)(F)F)cc1Cl. The number of aromatic carboxylic acids is 1. The van der Waals surface area contributed by atoms with Crippen molar-refractivity contribution in [3.63, 3.8) is 0 Å². The molecule has 0 fully saturated rings. The minimum Gasteiger partial charge on any atom is -0.478 e. The highest BCUT2D eigenvalue weighted by Crippen LogP contribution is 2.31. The first-order chi connectivity index (χ1) is 11.6. The van der Waals surface area contributed by atoms with E-state index in [0.29, 0.717) is 5.56 Å². The summed E-state index contributed by atoms with van der Waals surface area (Å²) >= 11 is 5.83. The van der Waals surface area contributed by atoms with E-state index in [9.17, 15) is 23.1 Å². The number of benzene rings is 2. The van der Waals surface area contributed by atoms with Gasteiger partial charge in [0.1, 0.15) is 0 Å². The number of hydrogen-bond donors (Lipinski definition) is 1. The normalized spacial score (nSPS) is 10.6. The molecule has 25 heavy (non-hydrogen) atoms. The molecule has 0 spiro atoms. The van der Waals surface area contributed by atoms with Crippen molar-refractivity contribution in [3.8, 4) is 17.9 Å². The maximum Gasteiger partial charge on any atom is 0.416 e. The first kappa shape index (κ1) is 18.4. The fourth-order valence-corrected chi connectivity index (χ4v) is 2.34. The summed E-state index contributed by atoms with van der Waals surface area (Å²) in [6.07, 6.45) is -4.52. The monoisotopic (exact) mass is 363 g/mol. The predicted molar refractivity (Wildman–Crippen MR) is 85.3 cm³/mol. The van der Waals surface area contributed by atoms with E-state index < -0.39 is 17.7 Å². The summed E-state index contributed by atoms with van der Waals surface area (Å²) in [5, 5.41) is 18.0. The molecule has 0 saturated carbocycles. The minimum absolute atomic E-state index is 0.134. The van der Waals surface area contributed by atoms with Crippen LogP contribution in [-0.4, -0.2) is 11.1 Å². The van der Waals surface area contributed by atoms with Crippen LogP contribution in [0, 0.1) is 30.1 Å². The molecule has 0 bridgehead atoms. The van der Waals surface area contributed by atoms with Crippen molar-refractivity contribution in [2.24, 2.45) is 0 Å². The lowest BCUT2D eigenvalue weighted by molar-refractivity contribution is -0.137. The summed E-state index contributed by atoms with van der Waals surface area (Å²) in [7, 11) is 0. The third-order valence-corrected chi connectivity index (χ3v) is 3.63. The average molecular weight is 364 g/mol. The highest BCUT2D eigenvalue weighted by Gasteiger charge is 2.30. The molecule has 1 N–H and O–H groups in total. The number of alkyl halides is 3. The molecule has 2 aromatic rings. The summed E-state index contributed by atoms with van der Waals surface area (Å²) in [5.74, 6) is 3.95. The van der Waals surface area contributed by atoms with Crippen molar-refractivity contribution in [3.05, 3.63) is 68.7 Å². The zero-order valence-electron chi connectivity index (χ0n) is 12.7. The van der Waals surface area contributed by atoms with Gasteiger partial charge >= 0.3 is 12.1 Å². The topological polar surface area (TPSA) is 61.1 Å². The van der Waals surface area contributed by atoms with Gasteiger partial charge in [-0.3, -0.25) is 0 Å². The van der Waals surface area contributed by atoms with E-state index in [1.165, 1.54) is 12.1 Å². The van der Waals surface area contributed by atoms with E-state index in [-0.39, 0.29) is 27.3 Å². The number of halogens is 4. The van der Waals surface area contributed by atoms with Crippen molar-refractivity contribution in [2.75, 3.05) is 0 Å². The Bertz CT molecular complexity index is 963. The molecule has 0 amide bonds. The molecule has 0 aliphatic carbocycles. The number of carboxylic acid groups (broad SMARTS) is 1. The largest absolute Gasteiger partial charge is 0.478 e. The summed E-state index contributed by atoms with van der Waals surface area (Å²) in [6, 6.07) is 7.25. The summed E-state index contributed by atoms with van der Waals surface area (Å²) in [5.41, 5.74) is -0.117. The fourth-order valence-electron chi connectivity index (χ4n) is 2.11. The lowest BCUT2D eigenvalue weighted by Gasteiger charge is -2.07. The van der Waals surface area contributed by atoms with Crippen LogP contribution >= 0.6 is 11.6 Å². The number of nitriles is 1. The van der Waals surface area contributed by atoms with Crippen LogP contribution in [0.3, 0.4) is 0 Å². The summed E-state index contributed by atoms with van der Waals surface area (Å²) in [6.45, 7) is 1.59. The van der Waals surface area contributed by atoms with Crippen molar-refractivity contribution in [2.45, 2.75) is 13.1 Å². The van der Waals surface area contributed by atoms with Crippen LogP contribution in [0.15, 0.2) is 30.3 Å². The van der Waals surface area contributed by atoms with Gasteiger partial charge in [-0.2, -0.15) is 18.4 Å². The van der Waals surface area contributed by atoms with Crippen molar-refractivity contribution in [1.29, 1.82) is 5.26 Å². The van der Waals surface area contributed by atoms with Gasteiger partial charge in [-0.15, -0.1) is 0 Å².